The van der Waals surface area contributed by atoms with Crippen molar-refractivity contribution in [1.82, 2.24) is 10.6 Å². The van der Waals surface area contributed by atoms with Crippen LogP contribution in [-0.2, 0) is 5.41 Å². The standard InChI is InChI=1S/C14H17ClN2O/c15-11-3-1-10(2-4-11)14(7-8-14)9-16-13(18)17-12-5-6-12/h1-4,12H,5-9H2,(H2,16,17,18). The molecule has 0 saturated heterocycles. The Kier molecular flexibility index (Phi) is 2.94. The fourth-order valence-electron chi connectivity index (χ4n) is 2.24. The predicted octanol–water partition coefficient (Wildman–Crippen LogP) is 2.83. The number of amides is 2. The molecule has 0 heterocycles. The fraction of sp³-hybridized carbons (Fsp3) is 0.500. The summed E-state index contributed by atoms with van der Waals surface area (Å²) in [5.41, 5.74) is 1.42. The van der Waals surface area contributed by atoms with Gasteiger partial charge in [0.15, 0.2) is 0 Å². The van der Waals surface area contributed by atoms with E-state index in [9.17, 15) is 4.79 Å². The smallest absolute Gasteiger partial charge is 0.315 e. The van der Waals surface area contributed by atoms with Crippen molar-refractivity contribution >= 4 is 17.6 Å². The van der Waals surface area contributed by atoms with E-state index < -0.39 is 0 Å². The van der Waals surface area contributed by atoms with Crippen LogP contribution in [0.5, 0.6) is 0 Å². The Labute approximate surface area is 112 Å². The maximum atomic E-state index is 11.6. The molecule has 2 saturated carbocycles. The first-order chi connectivity index (χ1) is 8.68. The van der Waals surface area contributed by atoms with Crippen LogP contribution in [0.15, 0.2) is 24.3 Å². The van der Waals surface area contributed by atoms with E-state index in [4.69, 9.17) is 11.6 Å². The summed E-state index contributed by atoms with van der Waals surface area (Å²) < 4.78 is 0. The molecule has 0 aromatic heterocycles. The lowest BCUT2D eigenvalue weighted by Crippen LogP contribution is -2.40. The molecule has 1 aromatic carbocycles. The Balaban J connectivity index is 1.57. The van der Waals surface area contributed by atoms with Gasteiger partial charge in [-0.2, -0.15) is 0 Å². The van der Waals surface area contributed by atoms with Crippen LogP contribution in [0.2, 0.25) is 5.02 Å². The van der Waals surface area contributed by atoms with Crippen LogP contribution in [0.1, 0.15) is 31.2 Å². The van der Waals surface area contributed by atoms with Crippen molar-refractivity contribution in [3.8, 4) is 0 Å². The summed E-state index contributed by atoms with van der Waals surface area (Å²) in [6.07, 6.45) is 4.52. The molecule has 0 aliphatic heterocycles. The van der Waals surface area contributed by atoms with Crippen molar-refractivity contribution in [2.24, 2.45) is 0 Å². The van der Waals surface area contributed by atoms with E-state index in [2.05, 4.69) is 22.8 Å². The molecule has 2 amide bonds. The lowest BCUT2D eigenvalue weighted by molar-refractivity contribution is 0.239. The van der Waals surface area contributed by atoms with Gasteiger partial charge in [-0.3, -0.25) is 0 Å². The van der Waals surface area contributed by atoms with Gasteiger partial charge in [0, 0.05) is 23.0 Å². The Bertz CT molecular complexity index is 449. The number of urea groups is 1. The summed E-state index contributed by atoms with van der Waals surface area (Å²) in [4.78, 5) is 11.6. The normalized spacial score (nSPS) is 20.3. The Morgan fingerprint density at radius 3 is 2.50 bits per heavy atom. The van der Waals surface area contributed by atoms with Gasteiger partial charge < -0.3 is 10.6 Å². The fourth-order valence-corrected chi connectivity index (χ4v) is 2.36. The van der Waals surface area contributed by atoms with Gasteiger partial charge in [0.1, 0.15) is 0 Å². The van der Waals surface area contributed by atoms with Gasteiger partial charge in [0.25, 0.3) is 0 Å². The van der Waals surface area contributed by atoms with Crippen molar-refractivity contribution < 1.29 is 4.79 Å². The molecule has 1 aromatic rings. The third-order valence-corrected chi connectivity index (χ3v) is 4.06. The average Bonchev–Trinajstić information content (AvgIpc) is 3.23. The SMILES string of the molecule is O=C(NCC1(c2ccc(Cl)cc2)CC1)NC1CC1. The lowest BCUT2D eigenvalue weighted by atomic mass is 9.96. The molecule has 2 fully saturated rings. The number of rotatable bonds is 4. The molecular weight excluding hydrogens is 248 g/mol. The first-order valence-corrected chi connectivity index (χ1v) is 6.86. The first-order valence-electron chi connectivity index (χ1n) is 6.48. The maximum absolute atomic E-state index is 11.6. The summed E-state index contributed by atoms with van der Waals surface area (Å²) in [6, 6.07) is 8.35. The van der Waals surface area contributed by atoms with Crippen LogP contribution in [-0.4, -0.2) is 18.6 Å². The van der Waals surface area contributed by atoms with Crippen LogP contribution >= 0.6 is 11.6 Å². The predicted molar refractivity (Wildman–Crippen MR) is 71.9 cm³/mol. The van der Waals surface area contributed by atoms with E-state index >= 15 is 0 Å². The second kappa shape index (κ2) is 4.47. The monoisotopic (exact) mass is 264 g/mol. The summed E-state index contributed by atoms with van der Waals surface area (Å²) >= 11 is 5.89. The molecule has 2 aliphatic rings. The van der Waals surface area contributed by atoms with Crippen molar-refractivity contribution in [3.63, 3.8) is 0 Å². The zero-order chi connectivity index (χ0) is 12.6. The van der Waals surface area contributed by atoms with Crippen LogP contribution in [0.25, 0.3) is 0 Å². The zero-order valence-corrected chi connectivity index (χ0v) is 11.0. The largest absolute Gasteiger partial charge is 0.337 e. The van der Waals surface area contributed by atoms with Crippen LogP contribution in [0, 0.1) is 0 Å². The van der Waals surface area contributed by atoms with Crippen molar-refractivity contribution in [2.75, 3.05) is 6.54 Å². The topological polar surface area (TPSA) is 41.1 Å². The summed E-state index contributed by atoms with van der Waals surface area (Å²) in [7, 11) is 0. The maximum Gasteiger partial charge on any atom is 0.315 e. The highest BCUT2D eigenvalue weighted by atomic mass is 35.5. The number of benzene rings is 1. The number of hydrogen-bond donors (Lipinski definition) is 2. The van der Waals surface area contributed by atoms with E-state index in [1.165, 1.54) is 5.56 Å². The average molecular weight is 265 g/mol. The van der Waals surface area contributed by atoms with Crippen molar-refractivity contribution in [1.29, 1.82) is 0 Å². The van der Waals surface area contributed by atoms with Gasteiger partial charge in [-0.05, 0) is 43.4 Å². The zero-order valence-electron chi connectivity index (χ0n) is 10.2. The van der Waals surface area contributed by atoms with Gasteiger partial charge in [0.2, 0.25) is 0 Å². The van der Waals surface area contributed by atoms with Crippen molar-refractivity contribution in [3.05, 3.63) is 34.9 Å². The highest BCUT2D eigenvalue weighted by molar-refractivity contribution is 6.30. The Morgan fingerprint density at radius 1 is 1.28 bits per heavy atom. The Hall–Kier alpha value is -1.22. The Morgan fingerprint density at radius 2 is 1.94 bits per heavy atom. The lowest BCUT2D eigenvalue weighted by Gasteiger charge is -2.17. The van der Waals surface area contributed by atoms with E-state index in [1.54, 1.807) is 0 Å². The van der Waals surface area contributed by atoms with E-state index in [1.807, 2.05) is 12.1 Å². The molecule has 0 radical (unpaired) electrons. The number of nitrogens with one attached hydrogen (secondary N) is 2. The molecule has 0 unspecified atom stereocenters. The molecule has 3 nitrogen and oxygen atoms in total. The number of carbonyl (C=O) groups is 1. The second-order valence-corrected chi connectivity index (χ2v) is 5.82. The summed E-state index contributed by atoms with van der Waals surface area (Å²) in [5.74, 6) is 0. The highest BCUT2D eigenvalue weighted by Crippen LogP contribution is 2.47. The second-order valence-electron chi connectivity index (χ2n) is 5.39. The molecule has 96 valence electrons. The minimum Gasteiger partial charge on any atom is -0.337 e. The minimum absolute atomic E-state index is 0.0299. The molecule has 0 bridgehead atoms. The van der Waals surface area contributed by atoms with Crippen LogP contribution in [0.3, 0.4) is 0 Å². The van der Waals surface area contributed by atoms with E-state index in [-0.39, 0.29) is 11.4 Å². The third-order valence-electron chi connectivity index (χ3n) is 3.81. The van der Waals surface area contributed by atoms with Gasteiger partial charge in [0.05, 0.1) is 0 Å². The number of carbonyl (C=O) groups excluding carboxylic acids is 1. The van der Waals surface area contributed by atoms with E-state index in [0.29, 0.717) is 12.6 Å². The van der Waals surface area contributed by atoms with Crippen molar-refractivity contribution in [2.45, 2.75) is 37.1 Å². The number of hydrogen-bond acceptors (Lipinski definition) is 1. The van der Waals surface area contributed by atoms with Gasteiger partial charge in [-0.25, -0.2) is 4.79 Å². The first kappa shape index (κ1) is 11.8. The van der Waals surface area contributed by atoms with E-state index in [0.717, 1.165) is 30.7 Å². The highest BCUT2D eigenvalue weighted by Gasteiger charge is 2.44. The molecule has 3 rings (SSSR count). The molecule has 4 heteroatoms. The van der Waals surface area contributed by atoms with Crippen LogP contribution < -0.4 is 10.6 Å². The van der Waals surface area contributed by atoms with Crippen LogP contribution in [0.4, 0.5) is 4.79 Å². The molecule has 0 spiro atoms. The van der Waals surface area contributed by atoms with Gasteiger partial charge in [-0.15, -0.1) is 0 Å². The molecule has 2 aliphatic carbocycles. The minimum atomic E-state index is -0.0299. The summed E-state index contributed by atoms with van der Waals surface area (Å²) in [5, 5.41) is 6.69. The molecule has 18 heavy (non-hydrogen) atoms. The molecule has 2 N–H and O–H groups in total. The van der Waals surface area contributed by atoms with Gasteiger partial charge in [-0.1, -0.05) is 23.7 Å². The number of halogens is 1. The molecular formula is C14H17ClN2O. The van der Waals surface area contributed by atoms with Gasteiger partial charge >= 0.3 is 6.03 Å². The summed E-state index contributed by atoms with van der Waals surface area (Å²) in [6.45, 7) is 0.715. The third kappa shape index (κ3) is 2.61. The molecule has 0 atom stereocenters. The quantitative estimate of drug-likeness (QED) is 0.863.